The van der Waals surface area contributed by atoms with Crippen molar-refractivity contribution in [1.29, 1.82) is 0 Å². The van der Waals surface area contributed by atoms with Crippen molar-refractivity contribution in [2.45, 2.75) is 176 Å². The van der Waals surface area contributed by atoms with E-state index < -0.39 is 0 Å². The molecule has 8 atom stereocenters. The molecule has 8 unspecified atom stereocenters. The first kappa shape index (κ1) is 73.6. The van der Waals surface area contributed by atoms with Crippen LogP contribution in [-0.4, -0.2) is 249 Å². The lowest BCUT2D eigenvalue weighted by atomic mass is 9.73. The predicted molar refractivity (Wildman–Crippen MR) is 388 cm³/mol. The second-order valence-corrected chi connectivity index (χ2v) is 31.4. The first-order chi connectivity index (χ1) is 49.5. The number of piperazine rings is 4. The number of quaternary nitrogens is 4. The van der Waals surface area contributed by atoms with Gasteiger partial charge in [-0.1, -0.05) is 167 Å². The van der Waals surface area contributed by atoms with Crippen molar-refractivity contribution in [3.8, 4) is 0 Å². The standard InChI is InChI=1S/C26H33N3O2.2C19H27N3O2.C17H31N3O2/c30-25-18-28-24(19-31-15-14-21-8-3-1-4-9-21)16-27-20-26(28,23-12-7-13-23)29(25)17-22-10-5-2-6-11-22;2*1-24-13-17-10-20-14-19(16-8-5-9-16)21(17)12-18(23)22(19)11-15-6-3-2-4-7-15;1-3-4-5-9-19-16(21)11-20-15(12-22-2)10-18-13-17(19,20)14-7-6-8-14/h1-6,8-11,23-24,27H,7,12-20H2;2*2-4,6-7,16-17,20H,5,8-14H2,1H3;14-15,18H,3-13H2,1-2H3/p+4. The summed E-state index contributed by atoms with van der Waals surface area (Å²) in [6.07, 6.45) is 19.7. The molecule has 4 saturated carbocycles. The van der Waals surface area contributed by atoms with Gasteiger partial charge >= 0.3 is 0 Å². The maximum Gasteiger partial charge on any atom is 0.238 e. The molecular formula is C81H122N12O8+4. The Morgan fingerprint density at radius 1 is 0.376 bits per heavy atom. The van der Waals surface area contributed by atoms with Crippen LogP contribution in [0.5, 0.6) is 0 Å². The lowest BCUT2D eigenvalue weighted by Crippen LogP contribution is -2.98. The molecule has 0 radical (unpaired) electrons. The zero-order valence-electron chi connectivity index (χ0n) is 61.5. The summed E-state index contributed by atoms with van der Waals surface area (Å²) in [4.78, 5) is 70.8. The van der Waals surface area contributed by atoms with Gasteiger partial charge in [-0.2, -0.15) is 0 Å². The topological polar surface area (TPSA) is 198 Å². The summed E-state index contributed by atoms with van der Waals surface area (Å²) in [6.45, 7) is 19.3. The molecule has 0 spiro atoms. The number of carbonyl (C=O) groups excluding carboxylic acids is 4. The van der Waals surface area contributed by atoms with Crippen LogP contribution in [0.2, 0.25) is 0 Å². The largest absolute Gasteiger partial charge is 0.383 e. The molecule has 4 aliphatic carbocycles. The Balaban J connectivity index is 0.000000121. The number of amides is 4. The van der Waals surface area contributed by atoms with Crippen LogP contribution in [0, 0.1) is 23.7 Å². The fourth-order valence-electron chi connectivity index (χ4n) is 20.2. The number of rotatable bonds is 25. The number of unbranched alkanes of at least 4 members (excludes halogenated alkanes) is 2. The third-order valence-electron chi connectivity index (χ3n) is 25.9. The maximum absolute atomic E-state index is 13.3. The minimum absolute atomic E-state index is 0.0233. The summed E-state index contributed by atoms with van der Waals surface area (Å²) in [5.74, 6) is 3.62. The van der Waals surface area contributed by atoms with Crippen molar-refractivity contribution in [2.75, 3.05) is 139 Å². The number of nitrogens with two attached hydrogens (primary N) is 4. The van der Waals surface area contributed by atoms with Gasteiger partial charge in [0.2, 0.25) is 23.6 Å². The average molecular weight is 1390 g/mol. The van der Waals surface area contributed by atoms with E-state index in [4.69, 9.17) is 18.9 Å². The molecular weight excluding hydrogens is 1270 g/mol. The lowest BCUT2D eigenvalue weighted by Gasteiger charge is -2.54. The zero-order chi connectivity index (χ0) is 69.8. The highest BCUT2D eigenvalue weighted by molar-refractivity contribution is 5.84. The molecule has 12 aliphatic rings. The van der Waals surface area contributed by atoms with Crippen molar-refractivity contribution in [1.82, 2.24) is 39.2 Å². The van der Waals surface area contributed by atoms with Crippen LogP contribution < -0.4 is 21.3 Å². The Morgan fingerprint density at radius 3 is 0.950 bits per heavy atom. The van der Waals surface area contributed by atoms with E-state index in [2.05, 4.69) is 164 Å². The summed E-state index contributed by atoms with van der Waals surface area (Å²) in [7, 11) is 5.30. The van der Waals surface area contributed by atoms with E-state index in [1.165, 1.54) is 112 Å². The van der Waals surface area contributed by atoms with Gasteiger partial charge < -0.3 is 59.8 Å². The van der Waals surface area contributed by atoms with Crippen molar-refractivity contribution in [3.05, 3.63) is 144 Å². The van der Waals surface area contributed by atoms with Crippen LogP contribution in [0.25, 0.3) is 0 Å². The van der Waals surface area contributed by atoms with Gasteiger partial charge in [-0.3, -0.25) is 38.8 Å². The van der Waals surface area contributed by atoms with Crippen molar-refractivity contribution < 1.29 is 59.4 Å². The Bertz CT molecular complexity index is 3180. The molecule has 20 heteroatoms. The molecule has 0 bridgehead atoms. The molecule has 12 fully saturated rings. The number of benzene rings is 4. The second-order valence-electron chi connectivity index (χ2n) is 31.4. The Labute approximate surface area is 602 Å². The van der Waals surface area contributed by atoms with E-state index in [9.17, 15) is 19.2 Å². The first-order valence-electron chi connectivity index (χ1n) is 39.3. The zero-order valence-corrected chi connectivity index (χ0v) is 61.5. The van der Waals surface area contributed by atoms with E-state index >= 15 is 0 Å². The summed E-state index contributed by atoms with van der Waals surface area (Å²) in [6, 6.07) is 43.1. The smallest absolute Gasteiger partial charge is 0.238 e. The molecule has 8 heterocycles. The molecule has 8 N–H and O–H groups in total. The highest BCUT2D eigenvalue weighted by atomic mass is 16.5. The number of nitrogens with zero attached hydrogens (tertiary/aromatic N) is 8. The fraction of sp³-hybridized carbons (Fsp3) is 0.654. The monoisotopic (exact) mass is 1390 g/mol. The Kier molecular flexibility index (Phi) is 24.8. The highest BCUT2D eigenvalue weighted by Crippen LogP contribution is 2.50. The SMILES string of the molecule is CCCCCN1C(=O)CN2C(COC)C[NH2+]CC12C1CCC1.COCC1C[NH2+]CC2(C3CCC3)N(Cc3ccccc3)C(=O)CN12.COCC1C[NH2+]CC2(C3CCC3)N(Cc3ccccc3)C(=O)CN12.O=C1CN2C(COCCc3ccccc3)C[NH2+]CC2(C2CCC2)N1Cc1ccccc1. The highest BCUT2D eigenvalue weighted by Gasteiger charge is 2.66. The minimum atomic E-state index is -0.156. The number of hydrogen-bond donors (Lipinski definition) is 4. The van der Waals surface area contributed by atoms with E-state index in [1.54, 1.807) is 21.3 Å². The molecule has 101 heavy (non-hydrogen) atoms. The molecule has 8 saturated heterocycles. The van der Waals surface area contributed by atoms with Crippen LogP contribution in [0.15, 0.2) is 121 Å². The van der Waals surface area contributed by atoms with Crippen LogP contribution >= 0.6 is 0 Å². The van der Waals surface area contributed by atoms with Gasteiger partial charge in [0.25, 0.3) is 0 Å². The van der Waals surface area contributed by atoms with Crippen molar-refractivity contribution in [3.63, 3.8) is 0 Å². The molecule has 16 rings (SSSR count). The summed E-state index contributed by atoms with van der Waals surface area (Å²) >= 11 is 0. The van der Waals surface area contributed by atoms with Gasteiger partial charge in [0.15, 0.2) is 0 Å². The van der Waals surface area contributed by atoms with Crippen LogP contribution in [0.1, 0.15) is 125 Å². The molecule has 550 valence electrons. The Hall–Kier alpha value is -5.72. The predicted octanol–water partition coefficient (Wildman–Crippen LogP) is 3.28. The molecule has 20 nitrogen and oxygen atoms in total. The first-order valence-corrected chi connectivity index (χ1v) is 39.3. The number of methoxy groups -OCH3 is 3. The average Bonchev–Trinajstić information content (AvgIpc) is 1.62. The van der Waals surface area contributed by atoms with Crippen LogP contribution in [0.3, 0.4) is 0 Å². The molecule has 0 aromatic heterocycles. The third kappa shape index (κ3) is 15.0. The number of carbonyl (C=O) groups is 4. The van der Waals surface area contributed by atoms with E-state index in [0.717, 1.165) is 98.0 Å². The summed E-state index contributed by atoms with van der Waals surface area (Å²) < 4.78 is 22.5. The Morgan fingerprint density at radius 2 is 0.663 bits per heavy atom. The van der Waals surface area contributed by atoms with Gasteiger partial charge in [0.05, 0.1) is 110 Å². The summed E-state index contributed by atoms with van der Waals surface area (Å²) in [5.41, 5.74) is 4.56. The molecule has 8 aliphatic heterocycles. The van der Waals surface area contributed by atoms with Gasteiger partial charge in [0.1, 0.15) is 48.8 Å². The van der Waals surface area contributed by atoms with Crippen LogP contribution in [-0.2, 0) is 64.2 Å². The number of ether oxygens (including phenoxy) is 4. The van der Waals surface area contributed by atoms with Crippen LogP contribution in [0.4, 0.5) is 0 Å². The second kappa shape index (κ2) is 34.0. The minimum Gasteiger partial charge on any atom is -0.383 e. The van der Waals surface area contributed by atoms with E-state index in [-0.39, 0.29) is 46.4 Å². The third-order valence-corrected chi connectivity index (χ3v) is 25.9. The summed E-state index contributed by atoms with van der Waals surface area (Å²) in [5, 5.41) is 9.64. The van der Waals surface area contributed by atoms with E-state index in [1.807, 2.05) is 24.3 Å². The quantitative estimate of drug-likeness (QED) is 0.0709. The van der Waals surface area contributed by atoms with Gasteiger partial charge in [-0.25, -0.2) is 0 Å². The number of hydrogen-bond acceptors (Lipinski definition) is 12. The number of fused-ring (bicyclic) bond motifs is 4. The fourth-order valence-corrected chi connectivity index (χ4v) is 20.2. The maximum atomic E-state index is 13.3. The molecule has 4 aromatic rings. The lowest BCUT2D eigenvalue weighted by molar-refractivity contribution is -0.688. The molecule has 4 aromatic carbocycles. The molecule has 4 amide bonds. The van der Waals surface area contributed by atoms with Gasteiger partial charge in [-0.05, 0) is 86.5 Å². The van der Waals surface area contributed by atoms with Gasteiger partial charge in [-0.15, -0.1) is 0 Å². The van der Waals surface area contributed by atoms with Gasteiger partial charge in [0, 0.05) is 71.2 Å². The van der Waals surface area contributed by atoms with E-state index in [0.29, 0.717) is 100 Å². The van der Waals surface area contributed by atoms with Crippen molar-refractivity contribution >= 4 is 23.6 Å². The normalized spacial score (nSPS) is 30.2. The van der Waals surface area contributed by atoms with Crippen molar-refractivity contribution in [2.24, 2.45) is 23.7 Å².